The third-order valence-corrected chi connectivity index (χ3v) is 3.32. The molecule has 1 amide bonds. The Labute approximate surface area is 109 Å². The van der Waals surface area contributed by atoms with Gasteiger partial charge in [-0.2, -0.15) is 0 Å². The Bertz CT molecular complexity index is 516. The van der Waals surface area contributed by atoms with Crippen molar-refractivity contribution in [3.63, 3.8) is 0 Å². The average molecular weight is 348 g/mol. The first-order valence-electron chi connectivity index (χ1n) is 4.31. The zero-order valence-electron chi connectivity index (χ0n) is 7.91. The van der Waals surface area contributed by atoms with E-state index in [-0.39, 0.29) is 11.7 Å². The van der Waals surface area contributed by atoms with E-state index in [1.165, 1.54) is 29.5 Å². The van der Waals surface area contributed by atoms with Crippen molar-refractivity contribution < 1.29 is 9.18 Å². The number of halogens is 2. The molecule has 0 aliphatic rings. The topological polar surface area (TPSA) is 42.0 Å². The maximum atomic E-state index is 12.8. The van der Waals surface area contributed by atoms with Crippen LogP contribution >= 0.6 is 33.9 Å². The molecule has 0 aliphatic carbocycles. The molecule has 2 aromatic rings. The van der Waals surface area contributed by atoms with Crippen LogP contribution in [0.3, 0.4) is 0 Å². The molecular formula is C10H6FIN2OS. The molecule has 0 unspecified atom stereocenters. The van der Waals surface area contributed by atoms with Crippen LogP contribution in [0.25, 0.3) is 0 Å². The predicted molar refractivity (Wildman–Crippen MR) is 69.2 cm³/mol. The van der Waals surface area contributed by atoms with Crippen molar-refractivity contribution in [1.82, 2.24) is 4.98 Å². The first-order chi connectivity index (χ1) is 7.66. The predicted octanol–water partition coefficient (Wildman–Crippen LogP) is 3.14. The van der Waals surface area contributed by atoms with Crippen molar-refractivity contribution in [3.8, 4) is 0 Å². The molecule has 0 atom stereocenters. The highest BCUT2D eigenvalue weighted by atomic mass is 127. The highest BCUT2D eigenvalue weighted by Gasteiger charge is 2.10. The number of thiazole rings is 1. The van der Waals surface area contributed by atoms with Crippen molar-refractivity contribution in [2.24, 2.45) is 0 Å². The Morgan fingerprint density at radius 2 is 2.31 bits per heavy atom. The summed E-state index contributed by atoms with van der Waals surface area (Å²) < 4.78 is 13.5. The van der Waals surface area contributed by atoms with Gasteiger partial charge in [0.25, 0.3) is 5.91 Å². The maximum absolute atomic E-state index is 12.8. The third-order valence-electron chi connectivity index (χ3n) is 1.84. The lowest BCUT2D eigenvalue weighted by atomic mass is 10.3. The molecule has 1 N–H and O–H groups in total. The van der Waals surface area contributed by atoms with Gasteiger partial charge in [-0.25, -0.2) is 9.37 Å². The van der Waals surface area contributed by atoms with Crippen molar-refractivity contribution in [3.05, 3.63) is 44.2 Å². The van der Waals surface area contributed by atoms with Crippen molar-refractivity contribution >= 4 is 45.5 Å². The number of rotatable bonds is 2. The molecule has 1 heterocycles. The van der Waals surface area contributed by atoms with Crippen LogP contribution in [0.15, 0.2) is 29.1 Å². The molecule has 3 nitrogen and oxygen atoms in total. The summed E-state index contributed by atoms with van der Waals surface area (Å²) in [5.74, 6) is -0.609. The molecule has 16 heavy (non-hydrogen) atoms. The lowest BCUT2D eigenvalue weighted by Gasteiger charge is -2.05. The van der Waals surface area contributed by atoms with Crippen LogP contribution in [0.4, 0.5) is 10.1 Å². The lowest BCUT2D eigenvalue weighted by molar-refractivity contribution is 0.102. The van der Waals surface area contributed by atoms with Crippen LogP contribution in [0.1, 0.15) is 10.5 Å². The van der Waals surface area contributed by atoms with Crippen molar-refractivity contribution in [2.45, 2.75) is 0 Å². The normalized spacial score (nSPS) is 10.1. The summed E-state index contributed by atoms with van der Waals surface area (Å²) in [5.41, 5.74) is 2.54. The van der Waals surface area contributed by atoms with E-state index in [9.17, 15) is 9.18 Å². The van der Waals surface area contributed by atoms with E-state index >= 15 is 0 Å². The van der Waals surface area contributed by atoms with Gasteiger partial charge < -0.3 is 5.32 Å². The minimum absolute atomic E-state index is 0.286. The van der Waals surface area contributed by atoms with Crippen LogP contribution in [0.2, 0.25) is 0 Å². The second kappa shape index (κ2) is 4.88. The number of aromatic nitrogens is 1. The molecule has 0 saturated heterocycles. The van der Waals surface area contributed by atoms with Gasteiger partial charge in [0, 0.05) is 8.95 Å². The average Bonchev–Trinajstić information content (AvgIpc) is 2.75. The summed E-state index contributed by atoms with van der Waals surface area (Å²) in [6, 6.07) is 4.19. The number of hydrogen-bond acceptors (Lipinski definition) is 3. The molecule has 0 radical (unpaired) electrons. The van der Waals surface area contributed by atoms with E-state index in [2.05, 4.69) is 10.3 Å². The Hall–Kier alpha value is -1.02. The van der Waals surface area contributed by atoms with Crippen LogP contribution in [0, 0.1) is 9.39 Å². The quantitative estimate of drug-likeness (QED) is 0.848. The van der Waals surface area contributed by atoms with Gasteiger partial charge in [0.15, 0.2) is 0 Å². The molecule has 1 aromatic carbocycles. The summed E-state index contributed by atoms with van der Waals surface area (Å²) in [4.78, 5) is 15.5. The summed E-state index contributed by atoms with van der Waals surface area (Å²) in [7, 11) is 0. The van der Waals surface area contributed by atoms with Gasteiger partial charge in [-0.3, -0.25) is 4.79 Å². The minimum Gasteiger partial charge on any atom is -0.320 e. The van der Waals surface area contributed by atoms with E-state index in [1.54, 1.807) is 10.9 Å². The second-order valence-electron chi connectivity index (χ2n) is 2.95. The maximum Gasteiger partial charge on any atom is 0.275 e. The largest absolute Gasteiger partial charge is 0.320 e. The summed E-state index contributed by atoms with van der Waals surface area (Å²) in [6.45, 7) is 0. The third kappa shape index (κ3) is 2.56. The van der Waals surface area contributed by atoms with E-state index < -0.39 is 0 Å². The Morgan fingerprint density at radius 3 is 2.94 bits per heavy atom. The first kappa shape index (κ1) is 11.5. The van der Waals surface area contributed by atoms with Gasteiger partial charge in [0.05, 0.1) is 11.2 Å². The first-order valence-corrected chi connectivity index (χ1v) is 6.33. The number of nitrogens with one attached hydrogen (secondary N) is 1. The number of anilines is 1. The summed E-state index contributed by atoms with van der Waals surface area (Å²) in [5, 5.41) is 4.33. The molecular weight excluding hydrogens is 342 g/mol. The molecule has 0 aliphatic heterocycles. The fourth-order valence-electron chi connectivity index (χ4n) is 1.10. The molecule has 0 fully saturated rings. The number of benzene rings is 1. The Morgan fingerprint density at radius 1 is 1.50 bits per heavy atom. The molecule has 1 aromatic heterocycles. The smallest absolute Gasteiger partial charge is 0.275 e. The fourth-order valence-corrected chi connectivity index (χ4v) is 2.25. The fraction of sp³-hybridized carbons (Fsp3) is 0. The van der Waals surface area contributed by atoms with E-state index in [0.717, 1.165) is 0 Å². The molecule has 82 valence electrons. The second-order valence-corrected chi connectivity index (χ2v) is 4.83. The molecule has 0 saturated carbocycles. The van der Waals surface area contributed by atoms with Gasteiger partial charge in [-0.15, -0.1) is 11.3 Å². The van der Waals surface area contributed by atoms with Crippen LogP contribution in [-0.4, -0.2) is 10.9 Å². The van der Waals surface area contributed by atoms with Gasteiger partial charge in [0.1, 0.15) is 11.5 Å². The van der Waals surface area contributed by atoms with Crippen molar-refractivity contribution in [1.29, 1.82) is 0 Å². The van der Waals surface area contributed by atoms with Gasteiger partial charge >= 0.3 is 0 Å². The molecule has 6 heteroatoms. The van der Waals surface area contributed by atoms with E-state index in [0.29, 0.717) is 15.0 Å². The molecule has 0 bridgehead atoms. The number of hydrogen-bond donors (Lipinski definition) is 1. The molecule has 2 rings (SSSR count). The highest BCUT2D eigenvalue weighted by Crippen LogP contribution is 2.19. The highest BCUT2D eigenvalue weighted by molar-refractivity contribution is 14.1. The zero-order valence-corrected chi connectivity index (χ0v) is 10.9. The van der Waals surface area contributed by atoms with Gasteiger partial charge in [0.2, 0.25) is 0 Å². The minimum atomic E-state index is -0.323. The number of nitrogens with zero attached hydrogens (tertiary/aromatic N) is 1. The number of amides is 1. The lowest BCUT2D eigenvalue weighted by Crippen LogP contribution is -2.13. The van der Waals surface area contributed by atoms with E-state index in [1.807, 2.05) is 22.6 Å². The van der Waals surface area contributed by atoms with Crippen molar-refractivity contribution in [2.75, 3.05) is 5.32 Å². The Balaban J connectivity index is 2.18. The van der Waals surface area contributed by atoms with Crippen LogP contribution < -0.4 is 5.32 Å². The van der Waals surface area contributed by atoms with Gasteiger partial charge in [-0.1, -0.05) is 0 Å². The van der Waals surface area contributed by atoms with E-state index in [4.69, 9.17) is 0 Å². The summed E-state index contributed by atoms with van der Waals surface area (Å²) >= 11 is 3.32. The number of carbonyl (C=O) groups excluding carboxylic acids is 1. The zero-order chi connectivity index (χ0) is 11.5. The number of carbonyl (C=O) groups is 1. The Kier molecular flexibility index (Phi) is 3.49. The summed E-state index contributed by atoms with van der Waals surface area (Å²) in [6.07, 6.45) is 0. The van der Waals surface area contributed by atoms with Crippen LogP contribution in [-0.2, 0) is 0 Å². The van der Waals surface area contributed by atoms with Gasteiger partial charge in [-0.05, 0) is 40.8 Å². The standard InChI is InChI=1S/C10H6FIN2OS/c11-6-1-2-8(7(12)3-6)14-10(15)9-4-16-5-13-9/h1-5H,(H,14,15). The SMILES string of the molecule is O=C(Nc1ccc(F)cc1I)c1cscn1. The molecule has 0 spiro atoms. The van der Waals surface area contributed by atoms with Crippen LogP contribution in [0.5, 0.6) is 0 Å². The monoisotopic (exact) mass is 348 g/mol.